The van der Waals surface area contributed by atoms with Gasteiger partial charge in [0.2, 0.25) is 0 Å². The Balaban J connectivity index is 2.00. The fourth-order valence-corrected chi connectivity index (χ4v) is 2.38. The Hall–Kier alpha value is -1.22. The molecule has 0 bridgehead atoms. The molecule has 2 rings (SSSR count). The maximum absolute atomic E-state index is 5.84. The molecule has 0 aliphatic carbocycles. The molecule has 1 heterocycles. The second kappa shape index (κ2) is 5.92. The normalized spacial score (nSPS) is 17.0. The fourth-order valence-electron chi connectivity index (χ4n) is 2.38. The lowest BCUT2D eigenvalue weighted by molar-refractivity contribution is 0.0683. The first-order chi connectivity index (χ1) is 8.29. The summed E-state index contributed by atoms with van der Waals surface area (Å²) in [6.07, 6.45) is 2.36. The van der Waals surface area contributed by atoms with Crippen molar-refractivity contribution in [3.8, 4) is 0 Å². The Morgan fingerprint density at radius 3 is 2.76 bits per heavy atom. The van der Waals surface area contributed by atoms with Crippen molar-refractivity contribution >= 4 is 11.4 Å². The molecule has 1 aromatic rings. The fraction of sp³-hybridized carbons (Fsp3) is 0.571. The third kappa shape index (κ3) is 3.37. The molecule has 2 N–H and O–H groups in total. The highest BCUT2D eigenvalue weighted by Crippen LogP contribution is 2.22. The van der Waals surface area contributed by atoms with E-state index in [0.717, 1.165) is 37.9 Å². The highest BCUT2D eigenvalue weighted by atomic mass is 16.5. The monoisotopic (exact) mass is 234 g/mol. The van der Waals surface area contributed by atoms with Crippen molar-refractivity contribution < 1.29 is 4.74 Å². The van der Waals surface area contributed by atoms with Gasteiger partial charge in [-0.25, -0.2) is 0 Å². The summed E-state index contributed by atoms with van der Waals surface area (Å²) in [4.78, 5) is 2.41. The summed E-state index contributed by atoms with van der Waals surface area (Å²) in [7, 11) is 0. The van der Waals surface area contributed by atoms with E-state index in [4.69, 9.17) is 10.5 Å². The van der Waals surface area contributed by atoms with Gasteiger partial charge in [0.15, 0.2) is 0 Å². The van der Waals surface area contributed by atoms with E-state index >= 15 is 0 Å². The van der Waals surface area contributed by atoms with Crippen molar-refractivity contribution in [2.45, 2.75) is 19.8 Å². The molecule has 3 nitrogen and oxygen atoms in total. The van der Waals surface area contributed by atoms with Gasteiger partial charge in [0.05, 0.1) is 0 Å². The highest BCUT2D eigenvalue weighted by Gasteiger charge is 2.17. The molecule has 94 valence electrons. The van der Waals surface area contributed by atoms with Crippen molar-refractivity contribution in [2.24, 2.45) is 5.92 Å². The van der Waals surface area contributed by atoms with Crippen LogP contribution < -0.4 is 10.6 Å². The van der Waals surface area contributed by atoms with Gasteiger partial charge in [-0.3, -0.25) is 0 Å². The number of nitrogens with two attached hydrogens (primary N) is 1. The number of benzene rings is 1. The number of anilines is 2. The van der Waals surface area contributed by atoms with Crippen LogP contribution in [-0.2, 0) is 4.74 Å². The van der Waals surface area contributed by atoms with Crippen LogP contribution in [0.15, 0.2) is 24.3 Å². The number of ether oxygens (including phenoxy) is 1. The Morgan fingerprint density at radius 1 is 1.35 bits per heavy atom. The lowest BCUT2D eigenvalue weighted by atomic mass is 9.99. The van der Waals surface area contributed by atoms with E-state index in [1.165, 1.54) is 18.5 Å². The smallest absolute Gasteiger partial charge is 0.0469 e. The SMILES string of the molecule is CCN(CC1CCOCC1)c1cccc(N)c1. The van der Waals surface area contributed by atoms with E-state index in [1.807, 2.05) is 12.1 Å². The molecular formula is C14H22N2O. The Kier molecular flexibility index (Phi) is 4.26. The van der Waals surface area contributed by atoms with Crippen molar-refractivity contribution in [3.05, 3.63) is 24.3 Å². The Morgan fingerprint density at radius 2 is 2.12 bits per heavy atom. The number of nitrogen functional groups attached to an aromatic ring is 1. The van der Waals surface area contributed by atoms with Crippen molar-refractivity contribution in [3.63, 3.8) is 0 Å². The molecule has 1 aromatic carbocycles. The van der Waals surface area contributed by atoms with E-state index in [2.05, 4.69) is 24.0 Å². The van der Waals surface area contributed by atoms with Gasteiger partial charge in [0, 0.05) is 37.7 Å². The van der Waals surface area contributed by atoms with Gasteiger partial charge >= 0.3 is 0 Å². The van der Waals surface area contributed by atoms with Crippen LogP contribution in [0.25, 0.3) is 0 Å². The minimum absolute atomic E-state index is 0.755. The number of nitrogens with zero attached hydrogens (tertiary/aromatic N) is 1. The molecule has 0 saturated carbocycles. The molecule has 1 saturated heterocycles. The van der Waals surface area contributed by atoms with Crippen molar-refractivity contribution in [1.82, 2.24) is 0 Å². The minimum Gasteiger partial charge on any atom is -0.399 e. The predicted octanol–water partition coefficient (Wildman–Crippen LogP) is 2.52. The van der Waals surface area contributed by atoms with Crippen LogP contribution in [0, 0.1) is 5.92 Å². The molecule has 0 atom stereocenters. The predicted molar refractivity (Wildman–Crippen MR) is 72.3 cm³/mol. The number of hydrogen-bond acceptors (Lipinski definition) is 3. The number of hydrogen-bond donors (Lipinski definition) is 1. The van der Waals surface area contributed by atoms with E-state index < -0.39 is 0 Å². The van der Waals surface area contributed by atoms with E-state index in [0.29, 0.717) is 0 Å². The van der Waals surface area contributed by atoms with Crippen LogP contribution in [0.2, 0.25) is 0 Å². The molecule has 0 amide bonds. The van der Waals surface area contributed by atoms with Crippen LogP contribution in [0.5, 0.6) is 0 Å². The summed E-state index contributed by atoms with van der Waals surface area (Å²) < 4.78 is 5.40. The van der Waals surface area contributed by atoms with E-state index in [9.17, 15) is 0 Å². The third-order valence-electron chi connectivity index (χ3n) is 3.44. The lowest BCUT2D eigenvalue weighted by Gasteiger charge is -2.30. The molecule has 3 heteroatoms. The first-order valence-electron chi connectivity index (χ1n) is 6.48. The molecule has 0 radical (unpaired) electrons. The highest BCUT2D eigenvalue weighted by molar-refractivity contribution is 5.55. The maximum Gasteiger partial charge on any atom is 0.0469 e. The quantitative estimate of drug-likeness (QED) is 0.814. The standard InChI is InChI=1S/C14H22N2O/c1-2-16(11-12-6-8-17-9-7-12)14-5-3-4-13(15)10-14/h3-5,10,12H,2,6-9,11,15H2,1H3. The summed E-state index contributed by atoms with van der Waals surface area (Å²) >= 11 is 0. The van der Waals surface area contributed by atoms with Gasteiger partial charge in [-0.05, 0) is 43.9 Å². The number of rotatable bonds is 4. The van der Waals surface area contributed by atoms with Crippen molar-refractivity contribution in [1.29, 1.82) is 0 Å². The molecule has 0 unspecified atom stereocenters. The molecule has 1 aliphatic heterocycles. The molecule has 0 spiro atoms. The van der Waals surface area contributed by atoms with E-state index in [-0.39, 0.29) is 0 Å². The largest absolute Gasteiger partial charge is 0.399 e. The summed E-state index contributed by atoms with van der Waals surface area (Å²) in [5, 5.41) is 0. The van der Waals surface area contributed by atoms with Gasteiger partial charge in [-0.15, -0.1) is 0 Å². The summed E-state index contributed by atoms with van der Waals surface area (Å²) in [6.45, 7) is 6.17. The summed E-state index contributed by atoms with van der Waals surface area (Å²) in [5.41, 5.74) is 7.91. The second-order valence-corrected chi connectivity index (χ2v) is 4.69. The topological polar surface area (TPSA) is 38.5 Å². The molecule has 1 fully saturated rings. The Bertz CT molecular complexity index is 348. The van der Waals surface area contributed by atoms with Gasteiger partial charge < -0.3 is 15.4 Å². The second-order valence-electron chi connectivity index (χ2n) is 4.69. The average Bonchev–Trinajstić information content (AvgIpc) is 2.37. The molecular weight excluding hydrogens is 212 g/mol. The van der Waals surface area contributed by atoms with E-state index in [1.54, 1.807) is 0 Å². The van der Waals surface area contributed by atoms with Crippen molar-refractivity contribution in [2.75, 3.05) is 36.9 Å². The van der Waals surface area contributed by atoms with Gasteiger partial charge in [-0.1, -0.05) is 6.07 Å². The first kappa shape index (κ1) is 12.2. The van der Waals surface area contributed by atoms with Crippen LogP contribution in [0.3, 0.4) is 0 Å². The van der Waals surface area contributed by atoms with Gasteiger partial charge in [0.1, 0.15) is 0 Å². The van der Waals surface area contributed by atoms with Crippen LogP contribution in [-0.4, -0.2) is 26.3 Å². The molecule has 1 aliphatic rings. The zero-order valence-corrected chi connectivity index (χ0v) is 10.6. The van der Waals surface area contributed by atoms with Crippen LogP contribution in [0.4, 0.5) is 11.4 Å². The minimum atomic E-state index is 0.755. The maximum atomic E-state index is 5.84. The Labute approximate surface area is 104 Å². The van der Waals surface area contributed by atoms with Crippen LogP contribution in [0.1, 0.15) is 19.8 Å². The third-order valence-corrected chi connectivity index (χ3v) is 3.44. The average molecular weight is 234 g/mol. The van der Waals surface area contributed by atoms with Gasteiger partial charge in [0.25, 0.3) is 0 Å². The molecule has 0 aromatic heterocycles. The zero-order valence-electron chi connectivity index (χ0n) is 10.6. The lowest BCUT2D eigenvalue weighted by Crippen LogP contribution is -2.32. The van der Waals surface area contributed by atoms with Gasteiger partial charge in [-0.2, -0.15) is 0 Å². The summed E-state index contributed by atoms with van der Waals surface area (Å²) in [5.74, 6) is 0.755. The zero-order chi connectivity index (χ0) is 12.1. The molecule has 17 heavy (non-hydrogen) atoms. The first-order valence-corrected chi connectivity index (χ1v) is 6.48. The van der Waals surface area contributed by atoms with Crippen LogP contribution >= 0.6 is 0 Å². The summed E-state index contributed by atoms with van der Waals surface area (Å²) in [6, 6.07) is 8.16.